The molecular weight excluding hydrogens is 352 g/mol. The number of nitrogens with zero attached hydrogens (tertiary/aromatic N) is 2. The zero-order valence-corrected chi connectivity index (χ0v) is 15.4. The Labute approximate surface area is 162 Å². The highest BCUT2D eigenvalue weighted by molar-refractivity contribution is 5.95. The average Bonchev–Trinajstić information content (AvgIpc) is 3.20. The number of hydrogen-bond donors (Lipinski definition) is 4. The van der Waals surface area contributed by atoms with Gasteiger partial charge in [-0.2, -0.15) is 0 Å². The Morgan fingerprint density at radius 1 is 1.18 bits per heavy atom. The summed E-state index contributed by atoms with van der Waals surface area (Å²) >= 11 is 0. The number of aryl methyl sites for hydroxylation is 1. The van der Waals surface area contributed by atoms with E-state index in [9.17, 15) is 4.79 Å². The van der Waals surface area contributed by atoms with E-state index in [1.165, 1.54) is 0 Å². The summed E-state index contributed by atoms with van der Waals surface area (Å²) in [5.41, 5.74) is 11.5. The van der Waals surface area contributed by atoms with E-state index < -0.39 is 0 Å². The summed E-state index contributed by atoms with van der Waals surface area (Å²) in [5.74, 6) is -0.231. The number of aromatic amines is 1. The van der Waals surface area contributed by atoms with Gasteiger partial charge in [-0.3, -0.25) is 9.78 Å². The molecule has 0 aliphatic carbocycles. The van der Waals surface area contributed by atoms with E-state index in [0.717, 1.165) is 39.2 Å². The summed E-state index contributed by atoms with van der Waals surface area (Å²) in [6.45, 7) is 1.95. The van der Waals surface area contributed by atoms with Crippen LogP contribution in [0.15, 0.2) is 61.1 Å². The van der Waals surface area contributed by atoms with Crippen molar-refractivity contribution in [1.82, 2.24) is 15.0 Å². The van der Waals surface area contributed by atoms with Crippen molar-refractivity contribution < 1.29 is 4.79 Å². The Morgan fingerprint density at radius 2 is 2.07 bits per heavy atom. The van der Waals surface area contributed by atoms with Crippen LogP contribution >= 0.6 is 0 Å². The Kier molecular flexibility index (Phi) is 4.74. The number of carbonyl (C=O) groups is 1. The molecule has 1 amide bonds. The molecule has 140 valence electrons. The van der Waals surface area contributed by atoms with Gasteiger partial charge in [0.25, 0.3) is 0 Å². The van der Waals surface area contributed by atoms with Gasteiger partial charge in [0, 0.05) is 40.9 Å². The van der Waals surface area contributed by atoms with Gasteiger partial charge in [-0.25, -0.2) is 4.98 Å². The minimum atomic E-state index is -0.231. The maximum absolute atomic E-state index is 11.6. The van der Waals surface area contributed by atoms with Crippen LogP contribution in [0.1, 0.15) is 5.56 Å². The van der Waals surface area contributed by atoms with E-state index in [1.807, 2.05) is 55.6 Å². The highest BCUT2D eigenvalue weighted by atomic mass is 16.1. The summed E-state index contributed by atoms with van der Waals surface area (Å²) in [6, 6.07) is 13.5. The number of hydrogen-bond acceptors (Lipinski definition) is 5. The summed E-state index contributed by atoms with van der Waals surface area (Å²) in [4.78, 5) is 23.7. The SMILES string of the molecule is Cc1ccc(NC(=O)CN)cc1Nc1cc(-c2cccnc2)nc2[nH]ccc12. The lowest BCUT2D eigenvalue weighted by Gasteiger charge is -2.14. The fraction of sp³-hybridized carbons (Fsp3) is 0.0952. The van der Waals surface area contributed by atoms with Crippen LogP contribution in [0, 0.1) is 6.92 Å². The fourth-order valence-electron chi connectivity index (χ4n) is 2.99. The van der Waals surface area contributed by atoms with Gasteiger partial charge in [-0.15, -0.1) is 0 Å². The smallest absolute Gasteiger partial charge is 0.238 e. The third-order valence-corrected chi connectivity index (χ3v) is 4.46. The standard InChI is InChI=1S/C21H20N6O/c1-13-4-5-15(25-20(28)11-22)9-17(13)26-19-10-18(14-3-2-7-23-12-14)27-21-16(19)6-8-24-21/h2-10,12H,11,22H2,1H3,(H,25,28)(H2,24,26,27). The number of aromatic nitrogens is 3. The molecule has 0 atom stereocenters. The van der Waals surface area contributed by atoms with Gasteiger partial charge in [0.15, 0.2) is 0 Å². The lowest BCUT2D eigenvalue weighted by atomic mass is 10.1. The number of fused-ring (bicyclic) bond motifs is 1. The topological polar surface area (TPSA) is 109 Å². The minimum Gasteiger partial charge on any atom is -0.355 e. The average molecular weight is 372 g/mol. The molecule has 7 heteroatoms. The van der Waals surface area contributed by atoms with Gasteiger partial charge < -0.3 is 21.4 Å². The number of nitrogens with two attached hydrogens (primary N) is 1. The van der Waals surface area contributed by atoms with Gasteiger partial charge in [-0.1, -0.05) is 6.07 Å². The summed E-state index contributed by atoms with van der Waals surface area (Å²) in [7, 11) is 0. The zero-order chi connectivity index (χ0) is 19.5. The van der Waals surface area contributed by atoms with Crippen LogP contribution in [0.3, 0.4) is 0 Å². The maximum atomic E-state index is 11.6. The molecule has 0 spiro atoms. The van der Waals surface area contributed by atoms with Crippen LogP contribution in [0.4, 0.5) is 17.1 Å². The molecule has 3 heterocycles. The molecule has 28 heavy (non-hydrogen) atoms. The van der Waals surface area contributed by atoms with Gasteiger partial charge in [0.1, 0.15) is 5.65 Å². The monoisotopic (exact) mass is 372 g/mol. The van der Waals surface area contributed by atoms with E-state index in [2.05, 4.69) is 20.6 Å². The van der Waals surface area contributed by atoms with Crippen molar-refractivity contribution in [2.45, 2.75) is 6.92 Å². The molecular formula is C21H20N6O. The first-order chi connectivity index (χ1) is 13.6. The van der Waals surface area contributed by atoms with Crippen molar-refractivity contribution in [2.75, 3.05) is 17.2 Å². The van der Waals surface area contributed by atoms with Crippen molar-refractivity contribution in [3.05, 3.63) is 66.6 Å². The van der Waals surface area contributed by atoms with Crippen LogP contribution < -0.4 is 16.4 Å². The second kappa shape index (κ2) is 7.50. The summed E-state index contributed by atoms with van der Waals surface area (Å²) in [6.07, 6.45) is 5.38. The van der Waals surface area contributed by atoms with Crippen LogP contribution in [0.5, 0.6) is 0 Å². The number of benzene rings is 1. The molecule has 0 saturated heterocycles. The second-order valence-corrected chi connectivity index (χ2v) is 6.44. The maximum Gasteiger partial charge on any atom is 0.238 e. The van der Waals surface area contributed by atoms with Gasteiger partial charge in [0.05, 0.1) is 17.9 Å². The molecule has 0 aliphatic heterocycles. The normalized spacial score (nSPS) is 10.8. The number of carbonyl (C=O) groups excluding carboxylic acids is 1. The predicted molar refractivity (Wildman–Crippen MR) is 111 cm³/mol. The van der Waals surface area contributed by atoms with Crippen molar-refractivity contribution in [1.29, 1.82) is 0 Å². The Morgan fingerprint density at radius 3 is 2.86 bits per heavy atom. The first kappa shape index (κ1) is 17.7. The predicted octanol–water partition coefficient (Wildman–Crippen LogP) is 3.57. The van der Waals surface area contributed by atoms with E-state index in [-0.39, 0.29) is 12.5 Å². The summed E-state index contributed by atoms with van der Waals surface area (Å²) in [5, 5.41) is 7.24. The zero-order valence-electron chi connectivity index (χ0n) is 15.4. The third-order valence-electron chi connectivity index (χ3n) is 4.46. The van der Waals surface area contributed by atoms with Crippen LogP contribution in [0.25, 0.3) is 22.3 Å². The molecule has 0 radical (unpaired) electrons. The van der Waals surface area contributed by atoms with E-state index in [1.54, 1.807) is 12.4 Å². The molecule has 0 aliphatic rings. The number of nitrogens with one attached hydrogen (secondary N) is 3. The lowest BCUT2D eigenvalue weighted by Crippen LogP contribution is -2.21. The van der Waals surface area contributed by atoms with Crippen molar-refractivity contribution in [3.8, 4) is 11.3 Å². The quantitative estimate of drug-likeness (QED) is 0.428. The largest absolute Gasteiger partial charge is 0.355 e. The molecule has 4 aromatic rings. The van der Waals surface area contributed by atoms with Gasteiger partial charge in [-0.05, 0) is 48.9 Å². The third kappa shape index (κ3) is 3.56. The first-order valence-electron chi connectivity index (χ1n) is 8.90. The number of rotatable bonds is 5. The molecule has 1 aromatic carbocycles. The van der Waals surface area contributed by atoms with Crippen molar-refractivity contribution >= 4 is 34.0 Å². The molecule has 0 saturated carbocycles. The highest BCUT2D eigenvalue weighted by Crippen LogP contribution is 2.31. The lowest BCUT2D eigenvalue weighted by molar-refractivity contribution is -0.114. The Balaban J connectivity index is 1.75. The number of H-pyrrole nitrogens is 1. The Hall–Kier alpha value is -3.71. The van der Waals surface area contributed by atoms with Crippen LogP contribution in [-0.2, 0) is 4.79 Å². The molecule has 3 aromatic heterocycles. The second-order valence-electron chi connectivity index (χ2n) is 6.44. The van der Waals surface area contributed by atoms with Crippen LogP contribution in [0.2, 0.25) is 0 Å². The molecule has 0 unspecified atom stereocenters. The minimum absolute atomic E-state index is 0.0561. The molecule has 4 rings (SSSR count). The fourth-order valence-corrected chi connectivity index (χ4v) is 2.99. The number of amides is 1. The Bertz CT molecular complexity index is 1140. The highest BCUT2D eigenvalue weighted by Gasteiger charge is 2.11. The number of anilines is 3. The number of pyridine rings is 2. The molecule has 0 fully saturated rings. The first-order valence-corrected chi connectivity index (χ1v) is 8.90. The van der Waals surface area contributed by atoms with Gasteiger partial charge >= 0.3 is 0 Å². The van der Waals surface area contributed by atoms with Crippen LogP contribution in [-0.4, -0.2) is 27.4 Å². The van der Waals surface area contributed by atoms with E-state index >= 15 is 0 Å². The molecule has 5 N–H and O–H groups in total. The molecule has 7 nitrogen and oxygen atoms in total. The molecule has 0 bridgehead atoms. The van der Waals surface area contributed by atoms with E-state index in [0.29, 0.717) is 5.69 Å². The summed E-state index contributed by atoms with van der Waals surface area (Å²) < 4.78 is 0. The van der Waals surface area contributed by atoms with E-state index in [4.69, 9.17) is 10.7 Å². The van der Waals surface area contributed by atoms with Crippen molar-refractivity contribution in [2.24, 2.45) is 5.73 Å². The van der Waals surface area contributed by atoms with Gasteiger partial charge in [0.2, 0.25) is 5.91 Å². The van der Waals surface area contributed by atoms with Crippen molar-refractivity contribution in [3.63, 3.8) is 0 Å².